The van der Waals surface area contributed by atoms with Crippen LogP contribution in [0.4, 0.5) is 13.2 Å². The van der Waals surface area contributed by atoms with E-state index in [0.717, 1.165) is 11.3 Å². The highest BCUT2D eigenvalue weighted by Crippen LogP contribution is 2.29. The number of hydrogen-bond donors (Lipinski definition) is 0. The second-order valence-electron chi connectivity index (χ2n) is 3.34. The Balaban J connectivity index is 2.49. The minimum atomic E-state index is -1.06. The summed E-state index contributed by atoms with van der Waals surface area (Å²) in [5.74, 6) is -3.85. The second-order valence-corrected chi connectivity index (χ2v) is 4.46. The van der Waals surface area contributed by atoms with Crippen molar-refractivity contribution in [1.82, 2.24) is 4.98 Å². The summed E-state index contributed by atoms with van der Waals surface area (Å²) in [6.45, 7) is 0. The first-order valence-corrected chi connectivity index (χ1v) is 6.14. The number of halogens is 4. The number of rotatable bonds is 3. The van der Waals surface area contributed by atoms with Crippen LogP contribution in [0.25, 0.3) is 10.6 Å². The van der Waals surface area contributed by atoms with Crippen LogP contribution >= 0.6 is 22.9 Å². The van der Waals surface area contributed by atoms with Gasteiger partial charge in [-0.1, -0.05) is 0 Å². The quantitative estimate of drug-likeness (QED) is 0.638. The standard InChI is InChI=1S/C11H5ClF3NOS/c12-3-9(17)8-4-18-11(16-8)10-6(14)1-5(13)2-7(10)15/h1-2,4H,3H2. The number of nitrogens with zero attached hydrogens (tertiary/aromatic N) is 1. The van der Waals surface area contributed by atoms with Crippen molar-refractivity contribution in [3.63, 3.8) is 0 Å². The van der Waals surface area contributed by atoms with Gasteiger partial charge in [0.25, 0.3) is 0 Å². The first-order valence-electron chi connectivity index (χ1n) is 4.72. The first kappa shape index (κ1) is 13.0. The summed E-state index contributed by atoms with van der Waals surface area (Å²) >= 11 is 6.23. The molecule has 1 aromatic heterocycles. The van der Waals surface area contributed by atoms with E-state index in [2.05, 4.69) is 4.98 Å². The van der Waals surface area contributed by atoms with Gasteiger partial charge in [-0.3, -0.25) is 4.79 Å². The molecule has 2 rings (SSSR count). The van der Waals surface area contributed by atoms with Crippen molar-refractivity contribution in [2.45, 2.75) is 0 Å². The molecular weight excluding hydrogens is 287 g/mol. The molecule has 94 valence electrons. The first-order chi connectivity index (χ1) is 8.52. The number of Topliss-reactive ketones (excluding diaryl/α,β-unsaturated/α-hetero) is 1. The summed E-state index contributed by atoms with van der Waals surface area (Å²) in [6, 6.07) is 1.12. The molecule has 18 heavy (non-hydrogen) atoms. The molecule has 0 saturated heterocycles. The Morgan fingerprint density at radius 2 is 1.89 bits per heavy atom. The summed E-state index contributed by atoms with van der Waals surface area (Å²) in [5, 5.41) is 1.32. The summed E-state index contributed by atoms with van der Waals surface area (Å²) in [4.78, 5) is 15.0. The molecule has 2 nitrogen and oxygen atoms in total. The monoisotopic (exact) mass is 291 g/mol. The minimum Gasteiger partial charge on any atom is -0.291 e. The Bertz CT molecular complexity index is 591. The SMILES string of the molecule is O=C(CCl)c1csc(-c2c(F)cc(F)cc2F)n1. The van der Waals surface area contributed by atoms with Gasteiger partial charge in [0.15, 0.2) is 5.78 Å². The number of aromatic nitrogens is 1. The number of ketones is 1. The maximum Gasteiger partial charge on any atom is 0.196 e. The molecule has 0 aliphatic carbocycles. The van der Waals surface area contributed by atoms with Crippen LogP contribution in [0, 0.1) is 17.5 Å². The Kier molecular flexibility index (Phi) is 3.68. The molecule has 0 radical (unpaired) electrons. The number of alkyl halides is 1. The fourth-order valence-corrected chi connectivity index (χ4v) is 2.34. The number of carbonyl (C=O) groups excluding carboxylic acids is 1. The van der Waals surface area contributed by atoms with Crippen molar-refractivity contribution in [3.05, 3.63) is 40.7 Å². The van der Waals surface area contributed by atoms with Crippen LogP contribution in [0.2, 0.25) is 0 Å². The van der Waals surface area contributed by atoms with Crippen LogP contribution in [-0.4, -0.2) is 16.6 Å². The maximum atomic E-state index is 13.5. The molecule has 7 heteroatoms. The van der Waals surface area contributed by atoms with Gasteiger partial charge in [-0.05, 0) is 0 Å². The van der Waals surface area contributed by atoms with Crippen LogP contribution in [0.3, 0.4) is 0 Å². The van der Waals surface area contributed by atoms with E-state index >= 15 is 0 Å². The summed E-state index contributed by atoms with van der Waals surface area (Å²) < 4.78 is 39.7. The molecule has 0 aliphatic heterocycles. The predicted molar refractivity (Wildman–Crippen MR) is 62.5 cm³/mol. The smallest absolute Gasteiger partial charge is 0.196 e. The topological polar surface area (TPSA) is 30.0 Å². The third kappa shape index (κ3) is 2.39. The van der Waals surface area contributed by atoms with E-state index in [0.29, 0.717) is 12.1 Å². The van der Waals surface area contributed by atoms with Gasteiger partial charge in [-0.15, -0.1) is 22.9 Å². The predicted octanol–water partition coefficient (Wildman–Crippen LogP) is 3.65. The Hall–Kier alpha value is -1.40. The normalized spacial score (nSPS) is 10.7. The van der Waals surface area contributed by atoms with Crippen LogP contribution in [-0.2, 0) is 0 Å². The van der Waals surface area contributed by atoms with E-state index < -0.39 is 28.8 Å². The van der Waals surface area contributed by atoms with Crippen LogP contribution in [0.5, 0.6) is 0 Å². The third-order valence-electron chi connectivity index (χ3n) is 2.13. The lowest BCUT2D eigenvalue weighted by molar-refractivity contribution is 0.101. The molecule has 0 amide bonds. The molecule has 0 saturated carbocycles. The molecule has 0 bridgehead atoms. The van der Waals surface area contributed by atoms with E-state index in [4.69, 9.17) is 11.6 Å². The number of thiazole rings is 1. The molecule has 0 spiro atoms. The third-order valence-corrected chi connectivity index (χ3v) is 3.23. The molecule has 0 N–H and O–H groups in total. The minimum absolute atomic E-state index is 0.0292. The fraction of sp³-hybridized carbons (Fsp3) is 0.0909. The van der Waals surface area contributed by atoms with Gasteiger partial charge in [-0.25, -0.2) is 18.2 Å². The molecular formula is C11H5ClF3NOS. The van der Waals surface area contributed by atoms with E-state index in [1.165, 1.54) is 5.38 Å². The van der Waals surface area contributed by atoms with E-state index in [9.17, 15) is 18.0 Å². The highest BCUT2D eigenvalue weighted by atomic mass is 35.5. The largest absolute Gasteiger partial charge is 0.291 e. The molecule has 1 heterocycles. The molecule has 0 unspecified atom stereocenters. The Labute approximate surface area is 109 Å². The summed E-state index contributed by atoms with van der Waals surface area (Å²) in [5.41, 5.74) is -0.414. The highest BCUT2D eigenvalue weighted by Gasteiger charge is 2.18. The van der Waals surface area contributed by atoms with Crippen LogP contribution < -0.4 is 0 Å². The average molecular weight is 292 g/mol. The van der Waals surface area contributed by atoms with E-state index in [-0.39, 0.29) is 16.6 Å². The van der Waals surface area contributed by atoms with Gasteiger partial charge in [0.2, 0.25) is 0 Å². The molecule has 1 aromatic carbocycles. The number of carbonyl (C=O) groups is 1. The van der Waals surface area contributed by atoms with Crippen molar-refractivity contribution in [2.75, 3.05) is 5.88 Å². The van der Waals surface area contributed by atoms with Crippen molar-refractivity contribution in [2.24, 2.45) is 0 Å². The van der Waals surface area contributed by atoms with Gasteiger partial charge in [0, 0.05) is 17.5 Å². The Morgan fingerprint density at radius 3 is 2.44 bits per heavy atom. The van der Waals surface area contributed by atoms with Crippen molar-refractivity contribution in [3.8, 4) is 10.6 Å². The fourth-order valence-electron chi connectivity index (χ4n) is 1.33. The number of hydrogen-bond acceptors (Lipinski definition) is 3. The van der Waals surface area contributed by atoms with Gasteiger partial charge < -0.3 is 0 Å². The molecule has 2 aromatic rings. The molecule has 0 atom stereocenters. The maximum absolute atomic E-state index is 13.5. The van der Waals surface area contributed by atoms with Crippen molar-refractivity contribution >= 4 is 28.7 Å². The lowest BCUT2D eigenvalue weighted by Crippen LogP contribution is -2.00. The number of benzene rings is 1. The van der Waals surface area contributed by atoms with Gasteiger partial charge in [0.1, 0.15) is 28.2 Å². The van der Waals surface area contributed by atoms with Crippen molar-refractivity contribution in [1.29, 1.82) is 0 Å². The zero-order valence-corrected chi connectivity index (χ0v) is 10.3. The van der Waals surface area contributed by atoms with Crippen LogP contribution in [0.15, 0.2) is 17.5 Å². The second kappa shape index (κ2) is 5.07. The zero-order chi connectivity index (χ0) is 13.3. The highest BCUT2D eigenvalue weighted by molar-refractivity contribution is 7.13. The van der Waals surface area contributed by atoms with Crippen LogP contribution in [0.1, 0.15) is 10.5 Å². The van der Waals surface area contributed by atoms with Gasteiger partial charge in [-0.2, -0.15) is 0 Å². The lowest BCUT2D eigenvalue weighted by atomic mass is 10.2. The van der Waals surface area contributed by atoms with Gasteiger partial charge in [0.05, 0.1) is 11.4 Å². The van der Waals surface area contributed by atoms with E-state index in [1.807, 2.05) is 0 Å². The van der Waals surface area contributed by atoms with Gasteiger partial charge >= 0.3 is 0 Å². The molecule has 0 fully saturated rings. The van der Waals surface area contributed by atoms with E-state index in [1.54, 1.807) is 0 Å². The molecule has 0 aliphatic rings. The lowest BCUT2D eigenvalue weighted by Gasteiger charge is -2.01. The summed E-state index contributed by atoms with van der Waals surface area (Å²) in [6.07, 6.45) is 0. The summed E-state index contributed by atoms with van der Waals surface area (Å²) in [7, 11) is 0. The Morgan fingerprint density at radius 1 is 1.28 bits per heavy atom. The average Bonchev–Trinajstić information content (AvgIpc) is 2.76. The zero-order valence-electron chi connectivity index (χ0n) is 8.71. The van der Waals surface area contributed by atoms with Crippen molar-refractivity contribution < 1.29 is 18.0 Å².